The molecule has 1 unspecified atom stereocenters. The van der Waals surface area contributed by atoms with Gasteiger partial charge in [-0.1, -0.05) is 35.7 Å². The third-order valence-corrected chi connectivity index (χ3v) is 9.64. The number of piperidine rings is 1. The van der Waals surface area contributed by atoms with Crippen LogP contribution in [-0.4, -0.2) is 36.2 Å². The Labute approximate surface area is 194 Å². The van der Waals surface area contributed by atoms with Crippen LogP contribution in [0.25, 0.3) is 11.3 Å². The number of nitrogens with zero attached hydrogens (tertiary/aromatic N) is 2. The monoisotopic (exact) mass is 495 g/mol. The number of thiazole rings is 1. The van der Waals surface area contributed by atoms with E-state index in [1.807, 2.05) is 31.4 Å². The summed E-state index contributed by atoms with van der Waals surface area (Å²) in [6.07, 6.45) is 1.98. The molecule has 3 aromatic rings. The van der Waals surface area contributed by atoms with Gasteiger partial charge in [-0.3, -0.25) is 4.79 Å². The second-order valence-corrected chi connectivity index (χ2v) is 12.2. The van der Waals surface area contributed by atoms with E-state index in [1.54, 1.807) is 6.07 Å². The predicted molar refractivity (Wildman–Crippen MR) is 127 cm³/mol. The zero-order chi connectivity index (χ0) is 22.2. The van der Waals surface area contributed by atoms with E-state index in [1.165, 1.54) is 21.7 Å². The van der Waals surface area contributed by atoms with E-state index < -0.39 is 16.1 Å². The van der Waals surface area contributed by atoms with E-state index in [2.05, 4.69) is 16.4 Å². The minimum Gasteiger partial charge on any atom is -0.301 e. The highest BCUT2D eigenvalue weighted by Crippen LogP contribution is 2.33. The van der Waals surface area contributed by atoms with Crippen LogP contribution >= 0.6 is 34.3 Å². The Balaban J connectivity index is 1.55. The lowest BCUT2D eigenvalue weighted by Gasteiger charge is -2.32. The van der Waals surface area contributed by atoms with Crippen LogP contribution < -0.4 is 5.32 Å². The van der Waals surface area contributed by atoms with E-state index in [-0.39, 0.29) is 10.1 Å². The van der Waals surface area contributed by atoms with Gasteiger partial charge in [-0.15, -0.1) is 22.7 Å². The zero-order valence-corrected chi connectivity index (χ0v) is 20.3. The molecule has 1 N–H and O–H groups in total. The highest BCUT2D eigenvalue weighted by molar-refractivity contribution is 7.91. The molecule has 3 heterocycles. The van der Waals surface area contributed by atoms with Crippen LogP contribution in [-0.2, 0) is 14.8 Å². The number of nitrogens with one attached hydrogen (secondary N) is 1. The van der Waals surface area contributed by atoms with Crippen LogP contribution in [0.3, 0.4) is 0 Å². The molecule has 1 atom stereocenters. The minimum absolute atomic E-state index is 0.156. The van der Waals surface area contributed by atoms with Gasteiger partial charge in [-0.2, -0.15) is 4.31 Å². The molecule has 1 amide bonds. The first-order valence-corrected chi connectivity index (χ1v) is 13.4. The average Bonchev–Trinajstić information content (AvgIpc) is 3.39. The van der Waals surface area contributed by atoms with Crippen molar-refractivity contribution in [2.75, 3.05) is 11.9 Å². The fraction of sp³-hybridized carbons (Fsp3) is 0.333. The lowest BCUT2D eigenvalue weighted by atomic mass is 10.0. The zero-order valence-electron chi connectivity index (χ0n) is 17.1. The smallest absolute Gasteiger partial charge is 0.253 e. The number of amides is 1. The van der Waals surface area contributed by atoms with E-state index in [9.17, 15) is 13.2 Å². The quantitative estimate of drug-likeness (QED) is 0.519. The van der Waals surface area contributed by atoms with Gasteiger partial charge in [0.25, 0.3) is 10.0 Å². The molecular weight excluding hydrogens is 474 g/mol. The molecule has 1 fully saturated rings. The SMILES string of the molecule is Cc1ccc(C)c(-c2csc(NC(=O)C3CCCCN3S(=O)(=O)c3ccc(Cl)s3)n2)c1. The highest BCUT2D eigenvalue weighted by Gasteiger charge is 2.38. The van der Waals surface area contributed by atoms with Gasteiger partial charge in [0, 0.05) is 17.5 Å². The Hall–Kier alpha value is -1.78. The number of anilines is 1. The summed E-state index contributed by atoms with van der Waals surface area (Å²) in [5.41, 5.74) is 4.06. The number of carbonyl (C=O) groups excluding carboxylic acids is 1. The number of aromatic nitrogens is 1. The molecule has 0 saturated carbocycles. The first-order chi connectivity index (χ1) is 14.8. The van der Waals surface area contributed by atoms with Gasteiger partial charge >= 0.3 is 0 Å². The summed E-state index contributed by atoms with van der Waals surface area (Å²) in [4.78, 5) is 17.6. The molecule has 1 aromatic carbocycles. The topological polar surface area (TPSA) is 79.4 Å². The number of sulfonamides is 1. The first kappa shape index (κ1) is 22.4. The number of carbonyl (C=O) groups is 1. The lowest BCUT2D eigenvalue weighted by Crippen LogP contribution is -2.49. The second kappa shape index (κ2) is 8.99. The summed E-state index contributed by atoms with van der Waals surface area (Å²) >= 11 is 8.27. The van der Waals surface area contributed by atoms with Gasteiger partial charge in [-0.25, -0.2) is 13.4 Å². The Morgan fingerprint density at radius 2 is 2.03 bits per heavy atom. The number of rotatable bonds is 5. The molecule has 6 nitrogen and oxygen atoms in total. The molecule has 2 aromatic heterocycles. The van der Waals surface area contributed by atoms with Gasteiger partial charge in [0.05, 0.1) is 10.0 Å². The van der Waals surface area contributed by atoms with Crippen molar-refractivity contribution < 1.29 is 13.2 Å². The molecule has 10 heteroatoms. The van der Waals surface area contributed by atoms with Crippen molar-refractivity contribution >= 4 is 55.3 Å². The maximum absolute atomic E-state index is 13.1. The van der Waals surface area contributed by atoms with Crippen LogP contribution in [0.15, 0.2) is 39.9 Å². The summed E-state index contributed by atoms with van der Waals surface area (Å²) in [6.45, 7) is 4.35. The third-order valence-electron chi connectivity index (χ3n) is 5.27. The average molecular weight is 496 g/mol. The fourth-order valence-corrected chi connectivity index (χ4v) is 7.64. The minimum atomic E-state index is -3.79. The van der Waals surface area contributed by atoms with Gasteiger partial charge in [0.15, 0.2) is 5.13 Å². The number of benzene rings is 1. The molecular formula is C21H22ClN3O3S3. The van der Waals surface area contributed by atoms with Crippen LogP contribution in [0.1, 0.15) is 30.4 Å². The Kier molecular flexibility index (Phi) is 6.50. The van der Waals surface area contributed by atoms with Crippen molar-refractivity contribution in [2.45, 2.75) is 43.4 Å². The number of hydrogen-bond donors (Lipinski definition) is 1. The van der Waals surface area contributed by atoms with E-state index >= 15 is 0 Å². The van der Waals surface area contributed by atoms with E-state index in [0.717, 1.165) is 46.6 Å². The summed E-state index contributed by atoms with van der Waals surface area (Å²) in [5, 5.41) is 5.20. The van der Waals surface area contributed by atoms with Gasteiger partial charge in [0.1, 0.15) is 10.3 Å². The molecule has 1 saturated heterocycles. The van der Waals surface area contributed by atoms with Crippen molar-refractivity contribution in [2.24, 2.45) is 0 Å². The molecule has 0 aliphatic carbocycles. The molecule has 4 rings (SSSR count). The maximum atomic E-state index is 13.1. The predicted octanol–water partition coefficient (Wildman–Crippen LogP) is 5.32. The van der Waals surface area contributed by atoms with Crippen molar-refractivity contribution in [3.63, 3.8) is 0 Å². The van der Waals surface area contributed by atoms with Gasteiger partial charge < -0.3 is 5.32 Å². The lowest BCUT2D eigenvalue weighted by molar-refractivity contribution is -0.120. The Bertz CT molecular complexity index is 1220. The first-order valence-electron chi connectivity index (χ1n) is 9.87. The van der Waals surface area contributed by atoms with Crippen molar-refractivity contribution in [1.29, 1.82) is 0 Å². The van der Waals surface area contributed by atoms with Crippen LogP contribution in [0.2, 0.25) is 4.34 Å². The second-order valence-electron chi connectivity index (χ2n) is 7.53. The maximum Gasteiger partial charge on any atom is 0.253 e. The van der Waals surface area contributed by atoms with Crippen LogP contribution in [0.5, 0.6) is 0 Å². The molecule has 0 spiro atoms. The summed E-state index contributed by atoms with van der Waals surface area (Å²) < 4.78 is 28.1. The molecule has 0 bridgehead atoms. The molecule has 0 radical (unpaired) electrons. The number of thiophene rings is 1. The summed E-state index contributed by atoms with van der Waals surface area (Å²) in [5.74, 6) is -0.354. The van der Waals surface area contributed by atoms with Crippen molar-refractivity contribution in [3.8, 4) is 11.3 Å². The fourth-order valence-electron chi connectivity index (χ4n) is 3.66. The number of halogens is 1. The van der Waals surface area contributed by atoms with Gasteiger partial charge in [-0.05, 0) is 50.5 Å². The van der Waals surface area contributed by atoms with E-state index in [4.69, 9.17) is 11.6 Å². The highest BCUT2D eigenvalue weighted by atomic mass is 35.5. The van der Waals surface area contributed by atoms with Crippen molar-refractivity contribution in [1.82, 2.24) is 9.29 Å². The largest absolute Gasteiger partial charge is 0.301 e. The third kappa shape index (κ3) is 4.70. The Morgan fingerprint density at radius 1 is 1.23 bits per heavy atom. The number of aryl methyl sites for hydroxylation is 2. The van der Waals surface area contributed by atoms with E-state index in [0.29, 0.717) is 22.4 Å². The number of hydrogen-bond acceptors (Lipinski definition) is 6. The molecule has 164 valence electrons. The molecule has 31 heavy (non-hydrogen) atoms. The van der Waals surface area contributed by atoms with Crippen molar-refractivity contribution in [3.05, 3.63) is 51.2 Å². The van der Waals surface area contributed by atoms with Crippen LogP contribution in [0, 0.1) is 13.8 Å². The standard InChI is InChI=1S/C21H22ClN3O3S3/c1-13-6-7-14(2)15(11-13)16-12-29-21(23-16)24-20(26)17-5-3-4-10-25(17)31(27,28)19-9-8-18(22)30-19/h6-9,11-12,17H,3-5,10H2,1-2H3,(H,23,24,26). The van der Waals surface area contributed by atoms with Gasteiger partial charge in [0.2, 0.25) is 5.91 Å². The Morgan fingerprint density at radius 3 is 2.77 bits per heavy atom. The molecule has 1 aliphatic heterocycles. The summed E-state index contributed by atoms with van der Waals surface area (Å²) in [7, 11) is -3.79. The normalized spacial score (nSPS) is 17.6. The van der Waals surface area contributed by atoms with Crippen LogP contribution in [0.4, 0.5) is 5.13 Å². The molecule has 1 aliphatic rings. The summed E-state index contributed by atoms with van der Waals surface area (Å²) in [6, 6.07) is 8.44.